The maximum atomic E-state index is 12.5. The molecule has 3 aromatic rings. The molecule has 224 valence electrons. The highest BCUT2D eigenvalue weighted by molar-refractivity contribution is 5.94. The number of carbonyl (C=O) groups is 1. The lowest BCUT2D eigenvalue weighted by atomic mass is 10.0. The third kappa shape index (κ3) is 6.01. The maximum Gasteiger partial charge on any atom is 0.318 e. The van der Waals surface area contributed by atoms with E-state index in [-0.39, 0.29) is 31.1 Å². The van der Waals surface area contributed by atoms with Gasteiger partial charge in [-0.1, -0.05) is 43.0 Å². The molecule has 2 fully saturated rings. The molecule has 1 N–H and O–H groups in total. The number of rotatable bonds is 9. The molecule has 0 saturated carbocycles. The van der Waals surface area contributed by atoms with Gasteiger partial charge in [0.15, 0.2) is 0 Å². The fourth-order valence-corrected chi connectivity index (χ4v) is 6.80. The van der Waals surface area contributed by atoms with Crippen LogP contribution in [0.3, 0.4) is 0 Å². The summed E-state index contributed by atoms with van der Waals surface area (Å²) >= 11 is 0. The number of benzene rings is 2. The Morgan fingerprint density at radius 1 is 1.09 bits per heavy atom. The molecule has 4 heterocycles. The number of β-amino-alcohol motifs (C(OH)–C–C–N with tert-alkyl or cyclic N) is 1. The van der Waals surface area contributed by atoms with Crippen molar-refractivity contribution in [3.05, 3.63) is 77.8 Å². The summed E-state index contributed by atoms with van der Waals surface area (Å²) in [4.78, 5) is 34.7. The van der Waals surface area contributed by atoms with Crippen LogP contribution in [0.5, 0.6) is 6.01 Å². The van der Waals surface area contributed by atoms with Crippen molar-refractivity contribution in [3.63, 3.8) is 0 Å². The zero-order valence-electron chi connectivity index (χ0n) is 24.6. The second kappa shape index (κ2) is 13.0. The van der Waals surface area contributed by atoms with Gasteiger partial charge in [-0.05, 0) is 43.3 Å². The topological polar surface area (TPSA) is 89.6 Å². The zero-order chi connectivity index (χ0) is 29.8. The fraction of sp³-hybridized carbons (Fsp3) is 0.455. The number of hydrogen-bond acceptors (Lipinski definition) is 8. The smallest absolute Gasteiger partial charge is 0.318 e. The average molecular weight is 582 g/mol. The quantitative estimate of drug-likeness (QED) is 0.305. The van der Waals surface area contributed by atoms with E-state index in [0.29, 0.717) is 45.3 Å². The molecule has 10 nitrogen and oxygen atoms in total. The van der Waals surface area contributed by atoms with E-state index in [1.807, 2.05) is 0 Å². The van der Waals surface area contributed by atoms with E-state index in [4.69, 9.17) is 21.3 Å². The number of fused-ring (bicyclic) bond motifs is 2. The van der Waals surface area contributed by atoms with Crippen LogP contribution in [0.15, 0.2) is 55.1 Å². The largest absolute Gasteiger partial charge is 0.462 e. The molecule has 3 aliphatic heterocycles. The van der Waals surface area contributed by atoms with Crippen molar-refractivity contribution in [2.24, 2.45) is 0 Å². The number of aliphatic hydroxyl groups is 1. The minimum absolute atomic E-state index is 0.131. The Kier molecular flexibility index (Phi) is 8.72. The first-order valence-electron chi connectivity index (χ1n) is 15.2. The Bertz CT molecular complexity index is 1520. The molecule has 3 aliphatic rings. The number of nitrogens with zero attached hydrogens (tertiary/aromatic N) is 7. The van der Waals surface area contributed by atoms with Crippen LogP contribution >= 0.6 is 0 Å². The SMILES string of the molecule is [C-]#[N+]C[C@H]1CN(c2nc(OC[C@@H]3CCCN3CCO)nc3c2CCN(c2cccc4ccccc24)C3)CCN1C(=O)C=C. The number of amides is 1. The van der Waals surface area contributed by atoms with Crippen molar-refractivity contribution in [1.29, 1.82) is 0 Å². The first kappa shape index (κ1) is 28.9. The molecule has 0 radical (unpaired) electrons. The van der Waals surface area contributed by atoms with Crippen LogP contribution in [-0.4, -0.2) is 102 Å². The highest BCUT2D eigenvalue weighted by Gasteiger charge is 2.35. The molecule has 2 saturated heterocycles. The van der Waals surface area contributed by atoms with Gasteiger partial charge in [0.1, 0.15) is 18.5 Å². The Hall–Kier alpha value is -4.20. The van der Waals surface area contributed by atoms with Gasteiger partial charge in [0, 0.05) is 55.4 Å². The van der Waals surface area contributed by atoms with Crippen molar-refractivity contribution < 1.29 is 14.6 Å². The van der Waals surface area contributed by atoms with Crippen molar-refractivity contribution in [2.75, 3.05) is 68.8 Å². The van der Waals surface area contributed by atoms with Gasteiger partial charge in [-0.2, -0.15) is 9.97 Å². The number of carbonyl (C=O) groups excluding carboxylic acids is 1. The number of piperazine rings is 1. The number of aliphatic hydroxyl groups excluding tert-OH is 1. The molecule has 0 bridgehead atoms. The summed E-state index contributed by atoms with van der Waals surface area (Å²) in [6.45, 7) is 16.7. The number of likely N-dealkylation sites (tertiary alicyclic amines) is 1. The molecular weight excluding hydrogens is 542 g/mol. The van der Waals surface area contributed by atoms with Gasteiger partial charge in [-0.25, -0.2) is 6.57 Å². The molecular formula is C33H39N7O3. The first-order chi connectivity index (χ1) is 21.1. The Morgan fingerprint density at radius 2 is 1.95 bits per heavy atom. The van der Waals surface area contributed by atoms with Gasteiger partial charge in [-0.15, -0.1) is 0 Å². The molecule has 1 aromatic heterocycles. The monoisotopic (exact) mass is 581 g/mol. The lowest BCUT2D eigenvalue weighted by Crippen LogP contribution is -2.56. The molecule has 0 unspecified atom stereocenters. The van der Waals surface area contributed by atoms with Crippen LogP contribution in [0.2, 0.25) is 0 Å². The second-order valence-corrected chi connectivity index (χ2v) is 11.5. The van der Waals surface area contributed by atoms with E-state index in [9.17, 15) is 9.90 Å². The molecule has 1 amide bonds. The molecule has 2 aromatic carbocycles. The average Bonchev–Trinajstić information content (AvgIpc) is 3.49. The molecule has 43 heavy (non-hydrogen) atoms. The van der Waals surface area contributed by atoms with Crippen molar-refractivity contribution in [2.45, 2.75) is 37.9 Å². The second-order valence-electron chi connectivity index (χ2n) is 11.5. The lowest BCUT2D eigenvalue weighted by molar-refractivity contribution is -0.128. The van der Waals surface area contributed by atoms with Gasteiger partial charge < -0.3 is 29.4 Å². The zero-order valence-corrected chi connectivity index (χ0v) is 24.6. The fourth-order valence-electron chi connectivity index (χ4n) is 6.80. The number of anilines is 2. The summed E-state index contributed by atoms with van der Waals surface area (Å²) in [5.41, 5.74) is 3.24. The minimum Gasteiger partial charge on any atom is -0.462 e. The van der Waals surface area contributed by atoms with Crippen LogP contribution in [0.4, 0.5) is 11.5 Å². The predicted octanol–water partition coefficient (Wildman–Crippen LogP) is 3.15. The summed E-state index contributed by atoms with van der Waals surface area (Å²) in [6, 6.07) is 15.2. The Morgan fingerprint density at radius 3 is 2.79 bits per heavy atom. The lowest BCUT2D eigenvalue weighted by Gasteiger charge is -2.41. The Labute approximate surface area is 253 Å². The summed E-state index contributed by atoms with van der Waals surface area (Å²) in [5, 5.41) is 11.9. The summed E-state index contributed by atoms with van der Waals surface area (Å²) < 4.78 is 6.31. The van der Waals surface area contributed by atoms with E-state index < -0.39 is 0 Å². The van der Waals surface area contributed by atoms with Gasteiger partial charge in [0.05, 0.1) is 18.8 Å². The number of ether oxygens (including phenoxy) is 1. The molecule has 6 rings (SSSR count). The van der Waals surface area contributed by atoms with Crippen LogP contribution in [0.25, 0.3) is 15.6 Å². The summed E-state index contributed by atoms with van der Waals surface area (Å²) in [5.74, 6) is 0.702. The molecule has 0 aliphatic carbocycles. The van der Waals surface area contributed by atoms with E-state index in [1.54, 1.807) is 4.90 Å². The first-order valence-corrected chi connectivity index (χ1v) is 15.2. The van der Waals surface area contributed by atoms with E-state index in [0.717, 1.165) is 49.4 Å². The summed E-state index contributed by atoms with van der Waals surface area (Å²) in [7, 11) is 0. The molecule has 10 heteroatoms. The maximum absolute atomic E-state index is 12.5. The third-order valence-corrected chi connectivity index (χ3v) is 8.96. The van der Waals surface area contributed by atoms with Crippen LogP contribution in [0.1, 0.15) is 24.1 Å². The van der Waals surface area contributed by atoms with Crippen molar-refractivity contribution in [3.8, 4) is 6.01 Å². The van der Waals surface area contributed by atoms with Crippen molar-refractivity contribution in [1.82, 2.24) is 19.8 Å². The van der Waals surface area contributed by atoms with Gasteiger partial charge in [-0.3, -0.25) is 9.69 Å². The van der Waals surface area contributed by atoms with E-state index in [1.165, 1.54) is 22.5 Å². The number of aromatic nitrogens is 2. The minimum atomic E-state index is -0.243. The Balaban J connectivity index is 1.32. The predicted molar refractivity (Wildman–Crippen MR) is 167 cm³/mol. The van der Waals surface area contributed by atoms with Gasteiger partial charge >= 0.3 is 6.01 Å². The summed E-state index contributed by atoms with van der Waals surface area (Å²) in [6.07, 6.45) is 4.21. The van der Waals surface area contributed by atoms with Gasteiger partial charge in [0.2, 0.25) is 12.5 Å². The molecule has 0 spiro atoms. The van der Waals surface area contributed by atoms with Crippen LogP contribution < -0.4 is 14.5 Å². The number of hydrogen-bond donors (Lipinski definition) is 1. The van der Waals surface area contributed by atoms with Crippen LogP contribution in [-0.2, 0) is 17.8 Å². The van der Waals surface area contributed by atoms with E-state index >= 15 is 0 Å². The third-order valence-electron chi connectivity index (χ3n) is 8.96. The molecule has 2 atom stereocenters. The normalized spacial score (nSPS) is 20.6. The highest BCUT2D eigenvalue weighted by atomic mass is 16.5. The van der Waals surface area contributed by atoms with Gasteiger partial charge in [0.25, 0.3) is 0 Å². The van der Waals surface area contributed by atoms with Crippen LogP contribution in [0, 0.1) is 6.57 Å². The highest BCUT2D eigenvalue weighted by Crippen LogP contribution is 2.35. The standard InChI is InChI=1S/C33H39N7O3/c1-3-31(42)40-17-16-39(21-26(40)20-34-2)32-28-13-15-38(30-12-6-9-24-8-4-5-11-27(24)30)22-29(28)35-33(36-32)43-23-25-10-7-14-37(25)18-19-41/h3-6,8-9,11-12,25-26,41H,1,7,10,13-23H2/t25-,26-/m0/s1. The van der Waals surface area contributed by atoms with Crippen molar-refractivity contribution >= 4 is 28.2 Å². The van der Waals surface area contributed by atoms with E-state index in [2.05, 4.69) is 68.6 Å².